The van der Waals surface area contributed by atoms with Gasteiger partial charge in [-0.25, -0.2) is 13.6 Å². The molecule has 0 saturated carbocycles. The van der Waals surface area contributed by atoms with Gasteiger partial charge in [-0.05, 0) is 43.2 Å². The van der Waals surface area contributed by atoms with Crippen LogP contribution in [-0.2, 0) is 19.6 Å². The molecule has 2 aromatic carbocycles. The molecule has 4 rings (SSSR count). The number of fused-ring (bicyclic) bond motifs is 1. The minimum absolute atomic E-state index is 0.0234. The van der Waals surface area contributed by atoms with E-state index in [9.17, 15) is 23.5 Å². The van der Waals surface area contributed by atoms with Crippen LogP contribution in [0.1, 0.15) is 18.9 Å². The zero-order valence-corrected chi connectivity index (χ0v) is 18.9. The predicted octanol–water partition coefficient (Wildman–Crippen LogP) is 3.53. The summed E-state index contributed by atoms with van der Waals surface area (Å²) >= 11 is 5.98. The Morgan fingerprint density at radius 1 is 1.03 bits per heavy atom. The Hall–Kier alpha value is -3.50. The molecule has 0 amide bonds. The molecule has 34 heavy (non-hydrogen) atoms. The fraction of sp³-hybridized carbons (Fsp3) is 0.261. The Labute approximate surface area is 197 Å². The van der Waals surface area contributed by atoms with Gasteiger partial charge in [0.05, 0.1) is 6.54 Å². The third kappa shape index (κ3) is 4.46. The fourth-order valence-electron chi connectivity index (χ4n) is 3.62. The molecule has 0 aliphatic rings. The molecule has 0 fully saturated rings. The van der Waals surface area contributed by atoms with Crippen molar-refractivity contribution in [2.24, 2.45) is 0 Å². The van der Waals surface area contributed by atoms with Gasteiger partial charge in [-0.2, -0.15) is 4.98 Å². The van der Waals surface area contributed by atoms with Crippen molar-refractivity contribution in [1.82, 2.24) is 18.7 Å². The Kier molecular flexibility index (Phi) is 6.80. The van der Waals surface area contributed by atoms with E-state index in [4.69, 9.17) is 16.3 Å². The number of benzene rings is 2. The number of hydrogen-bond donors (Lipinski definition) is 1. The third-order valence-corrected chi connectivity index (χ3v) is 5.54. The smallest absolute Gasteiger partial charge is 0.332 e. The molecular weight excluding hydrogens is 470 g/mol. The summed E-state index contributed by atoms with van der Waals surface area (Å²) in [6.45, 7) is 1.91. The molecule has 178 valence electrons. The van der Waals surface area contributed by atoms with E-state index in [1.165, 1.54) is 15.2 Å². The highest BCUT2D eigenvalue weighted by molar-refractivity contribution is 6.30. The van der Waals surface area contributed by atoms with Gasteiger partial charge in [-0.15, -0.1) is 0 Å². The molecule has 2 heterocycles. The van der Waals surface area contributed by atoms with E-state index in [0.717, 1.165) is 22.3 Å². The van der Waals surface area contributed by atoms with Crippen LogP contribution in [0.3, 0.4) is 0 Å². The SMILES string of the molecule is CCn1c(=O)n(CCCO)c(=O)c2c1nc(Oc1ccc(F)c(F)c1)n2Cc1ccc(Cl)cc1. The van der Waals surface area contributed by atoms with Crippen molar-refractivity contribution in [2.45, 2.75) is 33.0 Å². The minimum Gasteiger partial charge on any atom is -0.425 e. The number of aliphatic hydroxyl groups excluding tert-OH is 1. The Bertz CT molecular complexity index is 1460. The molecule has 0 aliphatic carbocycles. The average Bonchev–Trinajstić information content (AvgIpc) is 3.15. The molecule has 0 saturated heterocycles. The molecule has 4 aromatic rings. The Morgan fingerprint density at radius 3 is 2.41 bits per heavy atom. The van der Waals surface area contributed by atoms with E-state index in [0.29, 0.717) is 5.02 Å². The highest BCUT2D eigenvalue weighted by atomic mass is 35.5. The minimum atomic E-state index is -1.10. The number of aromatic nitrogens is 4. The van der Waals surface area contributed by atoms with E-state index < -0.39 is 22.9 Å². The van der Waals surface area contributed by atoms with Crippen molar-refractivity contribution in [2.75, 3.05) is 6.61 Å². The first-order valence-electron chi connectivity index (χ1n) is 10.6. The molecule has 0 atom stereocenters. The van der Waals surface area contributed by atoms with E-state index in [1.807, 2.05) is 0 Å². The molecular formula is C23H21ClF2N4O4. The number of hydrogen-bond acceptors (Lipinski definition) is 5. The summed E-state index contributed by atoms with van der Waals surface area (Å²) in [5, 5.41) is 9.73. The van der Waals surface area contributed by atoms with Gasteiger partial charge in [-0.3, -0.25) is 18.5 Å². The molecule has 1 N–H and O–H groups in total. The second kappa shape index (κ2) is 9.78. The van der Waals surface area contributed by atoms with Gasteiger partial charge in [0.25, 0.3) is 5.56 Å². The van der Waals surface area contributed by atoms with Gasteiger partial charge in [-0.1, -0.05) is 23.7 Å². The Morgan fingerprint density at radius 2 is 1.76 bits per heavy atom. The van der Waals surface area contributed by atoms with Gasteiger partial charge in [0.15, 0.2) is 22.8 Å². The summed E-state index contributed by atoms with van der Waals surface area (Å²) in [4.78, 5) is 30.7. The molecule has 0 aliphatic heterocycles. The maximum Gasteiger partial charge on any atom is 0.332 e. The molecule has 8 nitrogen and oxygen atoms in total. The Balaban J connectivity index is 1.96. The predicted molar refractivity (Wildman–Crippen MR) is 123 cm³/mol. The summed E-state index contributed by atoms with van der Waals surface area (Å²) in [6.07, 6.45) is 0.216. The van der Waals surface area contributed by atoms with Crippen LogP contribution in [0.25, 0.3) is 11.2 Å². The number of imidazole rings is 1. The van der Waals surface area contributed by atoms with Crippen LogP contribution >= 0.6 is 11.6 Å². The monoisotopic (exact) mass is 490 g/mol. The average molecular weight is 491 g/mol. The molecule has 2 aromatic heterocycles. The number of aliphatic hydroxyl groups is 1. The second-order valence-corrected chi connectivity index (χ2v) is 7.95. The summed E-state index contributed by atoms with van der Waals surface area (Å²) in [6, 6.07) is 9.84. The lowest BCUT2D eigenvalue weighted by atomic mass is 10.2. The van der Waals surface area contributed by atoms with Gasteiger partial charge >= 0.3 is 11.7 Å². The molecule has 0 bridgehead atoms. The van der Waals surface area contributed by atoms with Crippen LogP contribution in [0.5, 0.6) is 11.8 Å². The van der Waals surface area contributed by atoms with Gasteiger partial charge in [0.1, 0.15) is 5.75 Å². The summed E-state index contributed by atoms with van der Waals surface area (Å²) in [5.74, 6) is -2.17. The maximum absolute atomic E-state index is 13.8. The van der Waals surface area contributed by atoms with Crippen LogP contribution in [0.4, 0.5) is 8.78 Å². The van der Waals surface area contributed by atoms with Crippen LogP contribution in [-0.4, -0.2) is 30.4 Å². The molecule has 0 radical (unpaired) electrons. The van der Waals surface area contributed by atoms with Gasteiger partial charge in [0.2, 0.25) is 0 Å². The molecule has 0 spiro atoms. The summed E-state index contributed by atoms with van der Waals surface area (Å²) in [7, 11) is 0. The highest BCUT2D eigenvalue weighted by Gasteiger charge is 2.23. The number of rotatable bonds is 8. The van der Waals surface area contributed by atoms with Gasteiger partial charge < -0.3 is 9.84 Å². The first kappa shape index (κ1) is 23.7. The zero-order valence-electron chi connectivity index (χ0n) is 18.2. The largest absolute Gasteiger partial charge is 0.425 e. The lowest BCUT2D eigenvalue weighted by Crippen LogP contribution is -2.40. The van der Waals surface area contributed by atoms with E-state index in [1.54, 1.807) is 31.2 Å². The van der Waals surface area contributed by atoms with Crippen molar-refractivity contribution in [3.63, 3.8) is 0 Å². The van der Waals surface area contributed by atoms with E-state index in [-0.39, 0.29) is 55.6 Å². The topological polar surface area (TPSA) is 91.3 Å². The van der Waals surface area contributed by atoms with Crippen molar-refractivity contribution >= 4 is 22.8 Å². The summed E-state index contributed by atoms with van der Waals surface area (Å²) in [5.41, 5.74) is -0.200. The number of nitrogens with zero attached hydrogens (tertiary/aromatic N) is 4. The van der Waals surface area contributed by atoms with Crippen LogP contribution in [0.15, 0.2) is 52.1 Å². The normalized spacial score (nSPS) is 11.3. The first-order chi connectivity index (χ1) is 16.3. The second-order valence-electron chi connectivity index (χ2n) is 7.52. The molecule has 11 heteroatoms. The maximum atomic E-state index is 13.8. The molecule has 0 unspecified atom stereocenters. The summed E-state index contributed by atoms with van der Waals surface area (Å²) < 4.78 is 36.8. The third-order valence-electron chi connectivity index (χ3n) is 5.29. The number of ether oxygens (including phenoxy) is 1. The van der Waals surface area contributed by atoms with Crippen LogP contribution < -0.4 is 16.0 Å². The first-order valence-corrected chi connectivity index (χ1v) is 10.9. The zero-order chi connectivity index (χ0) is 24.4. The quantitative estimate of drug-likeness (QED) is 0.408. The van der Waals surface area contributed by atoms with E-state index >= 15 is 0 Å². The lowest BCUT2D eigenvalue weighted by Gasteiger charge is -2.12. The lowest BCUT2D eigenvalue weighted by molar-refractivity contribution is 0.277. The number of aryl methyl sites for hydroxylation is 1. The highest BCUT2D eigenvalue weighted by Crippen LogP contribution is 2.27. The van der Waals surface area contributed by atoms with Crippen molar-refractivity contribution < 1.29 is 18.6 Å². The van der Waals surface area contributed by atoms with Crippen molar-refractivity contribution in [1.29, 1.82) is 0 Å². The van der Waals surface area contributed by atoms with E-state index in [2.05, 4.69) is 4.98 Å². The standard InChI is InChI=1S/C23H21ClF2N4O4/c1-2-28-20-19(21(32)29(23(28)33)10-3-11-31)30(13-14-4-6-15(24)7-5-14)22(27-20)34-16-8-9-17(25)18(26)12-16/h4-9,12,31H,2-3,10-11,13H2,1H3. The number of halogens is 3. The fourth-order valence-corrected chi connectivity index (χ4v) is 3.75. The van der Waals surface area contributed by atoms with Crippen molar-refractivity contribution in [3.8, 4) is 11.8 Å². The van der Waals surface area contributed by atoms with Crippen molar-refractivity contribution in [3.05, 3.63) is 85.5 Å². The van der Waals surface area contributed by atoms with Crippen LogP contribution in [0, 0.1) is 11.6 Å². The van der Waals surface area contributed by atoms with Crippen LogP contribution in [0.2, 0.25) is 5.02 Å². The van der Waals surface area contributed by atoms with Gasteiger partial charge in [0, 0.05) is 30.8 Å².